The van der Waals surface area contributed by atoms with Gasteiger partial charge in [-0.2, -0.15) is 0 Å². The standard InChI is InChI=1S/C9H21NO3S/c1-3-5-10(6-8-11)7-9-14(12,13)4-2/h11H,3-9H2,1-2H3. The molecule has 0 fully saturated rings. The maximum atomic E-state index is 11.2. The maximum Gasteiger partial charge on any atom is 0.151 e. The van der Waals surface area contributed by atoms with Gasteiger partial charge in [0.1, 0.15) is 0 Å². The van der Waals surface area contributed by atoms with E-state index in [-0.39, 0.29) is 18.1 Å². The van der Waals surface area contributed by atoms with Gasteiger partial charge in [-0.1, -0.05) is 13.8 Å². The number of hydrogen-bond donors (Lipinski definition) is 1. The van der Waals surface area contributed by atoms with E-state index in [1.807, 2.05) is 11.8 Å². The molecule has 0 spiro atoms. The van der Waals surface area contributed by atoms with Crippen molar-refractivity contribution in [2.75, 3.05) is 37.7 Å². The molecule has 0 saturated carbocycles. The summed E-state index contributed by atoms with van der Waals surface area (Å²) in [6.45, 7) is 5.73. The lowest BCUT2D eigenvalue weighted by Crippen LogP contribution is -2.32. The molecule has 0 bridgehead atoms. The first-order valence-electron chi connectivity index (χ1n) is 5.09. The van der Waals surface area contributed by atoms with Gasteiger partial charge in [-0.3, -0.25) is 0 Å². The van der Waals surface area contributed by atoms with Crippen LogP contribution in [0.4, 0.5) is 0 Å². The van der Waals surface area contributed by atoms with E-state index >= 15 is 0 Å². The van der Waals surface area contributed by atoms with Crippen molar-refractivity contribution in [3.63, 3.8) is 0 Å². The second-order valence-corrected chi connectivity index (χ2v) is 5.77. The summed E-state index contributed by atoms with van der Waals surface area (Å²) in [6, 6.07) is 0. The Labute approximate surface area is 86.8 Å². The lowest BCUT2D eigenvalue weighted by Gasteiger charge is -2.19. The Morgan fingerprint density at radius 3 is 2.21 bits per heavy atom. The first kappa shape index (κ1) is 13.9. The zero-order valence-corrected chi connectivity index (χ0v) is 9.89. The molecule has 0 aromatic heterocycles. The number of aliphatic hydroxyl groups excluding tert-OH is 1. The van der Waals surface area contributed by atoms with E-state index in [2.05, 4.69) is 0 Å². The van der Waals surface area contributed by atoms with E-state index in [1.165, 1.54) is 0 Å². The first-order chi connectivity index (χ1) is 6.55. The summed E-state index contributed by atoms with van der Waals surface area (Å²) in [5, 5.41) is 8.76. The Morgan fingerprint density at radius 1 is 1.14 bits per heavy atom. The fourth-order valence-corrected chi connectivity index (χ4v) is 2.03. The molecule has 0 atom stereocenters. The molecule has 4 nitrogen and oxygen atoms in total. The van der Waals surface area contributed by atoms with Crippen LogP contribution >= 0.6 is 0 Å². The van der Waals surface area contributed by atoms with Crippen molar-refractivity contribution in [1.29, 1.82) is 0 Å². The van der Waals surface area contributed by atoms with Gasteiger partial charge in [-0.05, 0) is 13.0 Å². The maximum absolute atomic E-state index is 11.2. The predicted molar refractivity (Wildman–Crippen MR) is 58.1 cm³/mol. The minimum absolute atomic E-state index is 0.0895. The number of rotatable bonds is 8. The second kappa shape index (κ2) is 7.20. The average molecular weight is 223 g/mol. The highest BCUT2D eigenvalue weighted by Gasteiger charge is 2.10. The Morgan fingerprint density at radius 2 is 1.79 bits per heavy atom. The minimum Gasteiger partial charge on any atom is -0.395 e. The molecule has 86 valence electrons. The predicted octanol–water partition coefficient (Wildman–Crippen LogP) is 0.125. The third-order valence-electron chi connectivity index (χ3n) is 2.11. The summed E-state index contributed by atoms with van der Waals surface area (Å²) in [5.74, 6) is 0.398. The Hall–Kier alpha value is -0.130. The van der Waals surface area contributed by atoms with Crippen molar-refractivity contribution < 1.29 is 13.5 Å². The van der Waals surface area contributed by atoms with Crippen LogP contribution in [0.25, 0.3) is 0 Å². The number of nitrogens with zero attached hydrogens (tertiary/aromatic N) is 1. The van der Waals surface area contributed by atoms with Crippen molar-refractivity contribution in [2.45, 2.75) is 20.3 Å². The van der Waals surface area contributed by atoms with Crippen LogP contribution in [-0.4, -0.2) is 56.2 Å². The quantitative estimate of drug-likeness (QED) is 0.635. The zero-order valence-electron chi connectivity index (χ0n) is 9.07. The van der Waals surface area contributed by atoms with Gasteiger partial charge in [0, 0.05) is 18.8 Å². The molecule has 0 aromatic carbocycles. The van der Waals surface area contributed by atoms with Crippen molar-refractivity contribution >= 4 is 9.84 Å². The van der Waals surface area contributed by atoms with E-state index in [4.69, 9.17) is 5.11 Å². The van der Waals surface area contributed by atoms with Gasteiger partial charge in [-0.15, -0.1) is 0 Å². The van der Waals surface area contributed by atoms with Gasteiger partial charge in [0.2, 0.25) is 0 Å². The van der Waals surface area contributed by atoms with Gasteiger partial charge < -0.3 is 10.0 Å². The van der Waals surface area contributed by atoms with Crippen molar-refractivity contribution in [1.82, 2.24) is 4.90 Å². The number of aliphatic hydroxyl groups is 1. The summed E-state index contributed by atoms with van der Waals surface area (Å²) in [7, 11) is -2.87. The summed E-state index contributed by atoms with van der Waals surface area (Å²) in [6.07, 6.45) is 0.978. The van der Waals surface area contributed by atoms with Crippen LogP contribution in [0.3, 0.4) is 0 Å². The molecule has 14 heavy (non-hydrogen) atoms. The molecular formula is C9H21NO3S. The Balaban J connectivity index is 3.92. The topological polar surface area (TPSA) is 57.6 Å². The van der Waals surface area contributed by atoms with Gasteiger partial charge >= 0.3 is 0 Å². The SMILES string of the molecule is CCCN(CCO)CCS(=O)(=O)CC. The van der Waals surface area contributed by atoms with Gasteiger partial charge in [0.05, 0.1) is 12.4 Å². The number of sulfone groups is 1. The molecule has 0 rings (SSSR count). The van der Waals surface area contributed by atoms with Crippen LogP contribution in [0, 0.1) is 0 Å². The highest BCUT2D eigenvalue weighted by molar-refractivity contribution is 7.91. The van der Waals surface area contributed by atoms with E-state index in [0.717, 1.165) is 13.0 Å². The molecule has 0 aliphatic heterocycles. The fourth-order valence-electron chi connectivity index (χ4n) is 1.21. The molecule has 5 heteroatoms. The molecular weight excluding hydrogens is 202 g/mol. The van der Waals surface area contributed by atoms with Crippen LogP contribution in [0.2, 0.25) is 0 Å². The normalized spacial score (nSPS) is 12.3. The van der Waals surface area contributed by atoms with Crippen LogP contribution in [0.15, 0.2) is 0 Å². The van der Waals surface area contributed by atoms with Crippen LogP contribution in [0.5, 0.6) is 0 Å². The molecule has 0 unspecified atom stereocenters. The molecule has 0 saturated heterocycles. The second-order valence-electron chi connectivity index (χ2n) is 3.30. The molecule has 0 aliphatic rings. The monoisotopic (exact) mass is 223 g/mol. The van der Waals surface area contributed by atoms with Crippen LogP contribution < -0.4 is 0 Å². The average Bonchev–Trinajstić information content (AvgIpc) is 2.15. The molecule has 0 aliphatic carbocycles. The third-order valence-corrected chi connectivity index (χ3v) is 3.80. The Kier molecular flexibility index (Phi) is 7.13. The summed E-state index contributed by atoms with van der Waals surface area (Å²) < 4.78 is 22.4. The molecule has 0 heterocycles. The van der Waals surface area contributed by atoms with Gasteiger partial charge in [0.25, 0.3) is 0 Å². The largest absolute Gasteiger partial charge is 0.395 e. The van der Waals surface area contributed by atoms with Crippen molar-refractivity contribution in [2.24, 2.45) is 0 Å². The minimum atomic E-state index is -2.87. The van der Waals surface area contributed by atoms with Crippen molar-refractivity contribution in [3.8, 4) is 0 Å². The fraction of sp³-hybridized carbons (Fsp3) is 1.00. The third kappa shape index (κ3) is 6.34. The highest BCUT2D eigenvalue weighted by atomic mass is 32.2. The Bertz CT molecular complexity index is 220. The summed E-state index contributed by atoms with van der Waals surface area (Å²) >= 11 is 0. The highest BCUT2D eigenvalue weighted by Crippen LogP contribution is 1.95. The summed E-state index contributed by atoms with van der Waals surface area (Å²) in [5.41, 5.74) is 0. The molecule has 0 aromatic rings. The smallest absolute Gasteiger partial charge is 0.151 e. The summed E-state index contributed by atoms with van der Waals surface area (Å²) in [4.78, 5) is 1.98. The number of hydrogen-bond acceptors (Lipinski definition) is 4. The molecule has 0 amide bonds. The van der Waals surface area contributed by atoms with E-state index in [1.54, 1.807) is 6.92 Å². The van der Waals surface area contributed by atoms with E-state index < -0.39 is 9.84 Å². The van der Waals surface area contributed by atoms with Crippen molar-refractivity contribution in [3.05, 3.63) is 0 Å². The van der Waals surface area contributed by atoms with E-state index in [9.17, 15) is 8.42 Å². The first-order valence-corrected chi connectivity index (χ1v) is 6.91. The molecule has 1 N–H and O–H groups in total. The lowest BCUT2D eigenvalue weighted by molar-refractivity contribution is 0.203. The zero-order chi connectivity index (χ0) is 11.0. The lowest BCUT2D eigenvalue weighted by atomic mass is 10.4. The van der Waals surface area contributed by atoms with Crippen LogP contribution in [-0.2, 0) is 9.84 Å². The van der Waals surface area contributed by atoms with Crippen LogP contribution in [0.1, 0.15) is 20.3 Å². The van der Waals surface area contributed by atoms with E-state index in [0.29, 0.717) is 13.1 Å². The van der Waals surface area contributed by atoms with Gasteiger partial charge in [-0.25, -0.2) is 8.42 Å². The van der Waals surface area contributed by atoms with Gasteiger partial charge in [0.15, 0.2) is 9.84 Å². The molecule has 0 radical (unpaired) electrons.